The number of nitrogens with zero attached hydrogens (tertiary/aromatic N) is 2. The minimum Gasteiger partial charge on any atom is -0.378 e. The van der Waals surface area contributed by atoms with Crippen molar-refractivity contribution in [1.29, 1.82) is 0 Å². The van der Waals surface area contributed by atoms with Crippen LogP contribution in [0.5, 0.6) is 0 Å². The monoisotopic (exact) mass is 289 g/mol. The lowest BCUT2D eigenvalue weighted by Crippen LogP contribution is -2.01. The first kappa shape index (κ1) is 12.4. The highest BCUT2D eigenvalue weighted by atomic mass is 35.5. The number of halogens is 1. The van der Waals surface area contributed by atoms with Gasteiger partial charge in [-0.05, 0) is 18.6 Å². The third kappa shape index (κ3) is 2.55. The molecule has 0 spiro atoms. The van der Waals surface area contributed by atoms with Crippen molar-refractivity contribution in [3.8, 4) is 0 Å². The second kappa shape index (κ2) is 5.15. The van der Waals surface area contributed by atoms with Crippen LogP contribution in [0.2, 0.25) is 4.47 Å². The number of fused-ring (bicyclic) bond motifs is 1. The summed E-state index contributed by atoms with van der Waals surface area (Å²) in [6.07, 6.45) is 3.62. The number of benzene rings is 1. The van der Waals surface area contributed by atoms with Gasteiger partial charge >= 0.3 is 0 Å². The average Bonchev–Trinajstić information content (AvgIpc) is 2.83. The Morgan fingerprint density at radius 2 is 2.16 bits per heavy atom. The molecular formula is C14H12ClN3S. The van der Waals surface area contributed by atoms with Crippen LogP contribution in [-0.4, -0.2) is 9.97 Å². The molecule has 5 heteroatoms. The van der Waals surface area contributed by atoms with Crippen molar-refractivity contribution in [1.82, 2.24) is 9.97 Å². The first-order valence-electron chi connectivity index (χ1n) is 5.92. The molecule has 96 valence electrons. The van der Waals surface area contributed by atoms with Gasteiger partial charge in [-0.1, -0.05) is 29.8 Å². The summed E-state index contributed by atoms with van der Waals surface area (Å²) in [5.41, 5.74) is 3.25. The minimum atomic E-state index is 0.574. The van der Waals surface area contributed by atoms with Gasteiger partial charge in [-0.25, -0.2) is 4.98 Å². The summed E-state index contributed by atoms with van der Waals surface area (Å²) in [5.74, 6) is 0. The molecule has 0 unspecified atom stereocenters. The van der Waals surface area contributed by atoms with E-state index < -0.39 is 0 Å². The molecule has 0 radical (unpaired) electrons. The lowest BCUT2D eigenvalue weighted by atomic mass is 10.1. The van der Waals surface area contributed by atoms with Gasteiger partial charge < -0.3 is 5.32 Å². The van der Waals surface area contributed by atoms with Crippen LogP contribution in [0, 0.1) is 6.92 Å². The molecule has 2 aromatic heterocycles. The molecule has 3 rings (SSSR count). The van der Waals surface area contributed by atoms with E-state index in [0.717, 1.165) is 21.5 Å². The summed E-state index contributed by atoms with van der Waals surface area (Å²) in [4.78, 5) is 9.61. The van der Waals surface area contributed by atoms with Crippen molar-refractivity contribution in [2.75, 3.05) is 5.32 Å². The van der Waals surface area contributed by atoms with Crippen LogP contribution in [-0.2, 0) is 6.54 Å². The van der Waals surface area contributed by atoms with Crippen LogP contribution < -0.4 is 5.32 Å². The Bertz CT molecular complexity index is 724. The third-order valence-corrected chi connectivity index (χ3v) is 4.06. The largest absolute Gasteiger partial charge is 0.378 e. The molecular weight excluding hydrogens is 278 g/mol. The summed E-state index contributed by atoms with van der Waals surface area (Å²) in [5, 5.41) is 4.57. The van der Waals surface area contributed by atoms with Gasteiger partial charge in [0.2, 0.25) is 0 Å². The molecule has 0 amide bonds. The quantitative estimate of drug-likeness (QED) is 0.782. The second-order valence-electron chi connectivity index (χ2n) is 4.27. The van der Waals surface area contributed by atoms with Crippen LogP contribution in [0.15, 0.2) is 36.7 Å². The molecule has 0 aliphatic carbocycles. The summed E-state index contributed by atoms with van der Waals surface area (Å²) in [6.45, 7) is 2.79. The summed E-state index contributed by atoms with van der Waals surface area (Å²) in [6, 6.07) is 8.21. The number of pyridine rings is 1. The molecule has 0 saturated heterocycles. The SMILES string of the molecule is Cc1ccc2cccnc2c1NCc1cnc(Cl)s1. The van der Waals surface area contributed by atoms with Crippen molar-refractivity contribution < 1.29 is 0 Å². The van der Waals surface area contributed by atoms with Crippen LogP contribution >= 0.6 is 22.9 Å². The van der Waals surface area contributed by atoms with Gasteiger partial charge in [-0.15, -0.1) is 11.3 Å². The number of hydrogen-bond donors (Lipinski definition) is 1. The van der Waals surface area contributed by atoms with Crippen molar-refractivity contribution in [2.45, 2.75) is 13.5 Å². The van der Waals surface area contributed by atoms with E-state index in [4.69, 9.17) is 11.6 Å². The Morgan fingerprint density at radius 1 is 1.26 bits per heavy atom. The van der Waals surface area contributed by atoms with E-state index in [9.17, 15) is 0 Å². The maximum Gasteiger partial charge on any atom is 0.183 e. The fourth-order valence-corrected chi connectivity index (χ4v) is 2.93. The Morgan fingerprint density at radius 3 is 2.95 bits per heavy atom. The maximum absolute atomic E-state index is 5.84. The number of aryl methyl sites for hydroxylation is 1. The molecule has 0 saturated carbocycles. The highest BCUT2D eigenvalue weighted by Gasteiger charge is 2.06. The molecule has 2 heterocycles. The molecule has 0 aliphatic heterocycles. The molecule has 0 atom stereocenters. The van der Waals surface area contributed by atoms with Gasteiger partial charge in [0.15, 0.2) is 4.47 Å². The van der Waals surface area contributed by atoms with E-state index in [0.29, 0.717) is 11.0 Å². The van der Waals surface area contributed by atoms with Crippen LogP contribution in [0.4, 0.5) is 5.69 Å². The highest BCUT2D eigenvalue weighted by molar-refractivity contribution is 7.15. The number of hydrogen-bond acceptors (Lipinski definition) is 4. The summed E-state index contributed by atoms with van der Waals surface area (Å²) >= 11 is 7.33. The van der Waals surface area contributed by atoms with Crippen molar-refractivity contribution >= 4 is 39.5 Å². The zero-order chi connectivity index (χ0) is 13.2. The third-order valence-electron chi connectivity index (χ3n) is 2.95. The standard InChI is InChI=1S/C14H12ClN3S/c1-9-4-5-10-3-2-6-16-13(10)12(9)17-7-11-8-18-14(15)19-11/h2-6,8,17H,7H2,1H3. The number of anilines is 1. The Hall–Kier alpha value is -1.65. The summed E-state index contributed by atoms with van der Waals surface area (Å²) < 4.78 is 0.574. The van der Waals surface area contributed by atoms with Gasteiger partial charge in [-0.2, -0.15) is 0 Å². The topological polar surface area (TPSA) is 37.8 Å². The molecule has 0 bridgehead atoms. The predicted octanol–water partition coefficient (Wildman–Crippen LogP) is 4.27. The van der Waals surface area contributed by atoms with E-state index in [-0.39, 0.29) is 0 Å². The number of thiazole rings is 1. The normalized spacial score (nSPS) is 10.8. The molecule has 0 aliphatic rings. The van der Waals surface area contributed by atoms with Gasteiger partial charge in [0.25, 0.3) is 0 Å². The fourth-order valence-electron chi connectivity index (χ4n) is 2.01. The summed E-state index contributed by atoms with van der Waals surface area (Å²) in [7, 11) is 0. The Balaban J connectivity index is 1.93. The first-order valence-corrected chi connectivity index (χ1v) is 7.12. The average molecular weight is 290 g/mol. The van der Waals surface area contributed by atoms with Crippen molar-refractivity contribution in [3.05, 3.63) is 51.6 Å². The van der Waals surface area contributed by atoms with Crippen LogP contribution in [0.1, 0.15) is 10.4 Å². The van der Waals surface area contributed by atoms with E-state index in [2.05, 4.69) is 40.4 Å². The van der Waals surface area contributed by atoms with E-state index in [1.54, 1.807) is 6.20 Å². The molecule has 19 heavy (non-hydrogen) atoms. The molecule has 0 fully saturated rings. The van der Waals surface area contributed by atoms with E-state index in [1.807, 2.05) is 12.3 Å². The number of aromatic nitrogens is 2. The highest BCUT2D eigenvalue weighted by Crippen LogP contribution is 2.26. The number of nitrogens with one attached hydrogen (secondary N) is 1. The fraction of sp³-hybridized carbons (Fsp3) is 0.143. The molecule has 3 aromatic rings. The molecule has 1 N–H and O–H groups in total. The first-order chi connectivity index (χ1) is 9.24. The maximum atomic E-state index is 5.84. The number of rotatable bonds is 3. The van der Waals surface area contributed by atoms with Crippen LogP contribution in [0.3, 0.4) is 0 Å². The van der Waals surface area contributed by atoms with Gasteiger partial charge in [0.1, 0.15) is 0 Å². The second-order valence-corrected chi connectivity index (χ2v) is 5.96. The van der Waals surface area contributed by atoms with Gasteiger partial charge in [0, 0.05) is 22.7 Å². The van der Waals surface area contributed by atoms with E-state index in [1.165, 1.54) is 16.9 Å². The predicted molar refractivity (Wildman–Crippen MR) is 80.9 cm³/mol. The van der Waals surface area contributed by atoms with Gasteiger partial charge in [-0.3, -0.25) is 4.98 Å². The zero-order valence-electron chi connectivity index (χ0n) is 10.4. The molecule has 1 aromatic carbocycles. The minimum absolute atomic E-state index is 0.574. The Labute approximate surface area is 120 Å². The van der Waals surface area contributed by atoms with Gasteiger partial charge in [0.05, 0.1) is 17.7 Å². The van der Waals surface area contributed by atoms with Crippen LogP contribution in [0.25, 0.3) is 10.9 Å². The smallest absolute Gasteiger partial charge is 0.183 e. The van der Waals surface area contributed by atoms with Crippen molar-refractivity contribution in [2.24, 2.45) is 0 Å². The zero-order valence-corrected chi connectivity index (χ0v) is 11.9. The van der Waals surface area contributed by atoms with E-state index >= 15 is 0 Å². The van der Waals surface area contributed by atoms with Crippen molar-refractivity contribution in [3.63, 3.8) is 0 Å². The molecule has 3 nitrogen and oxygen atoms in total. The lowest BCUT2D eigenvalue weighted by Gasteiger charge is -2.11. The lowest BCUT2D eigenvalue weighted by molar-refractivity contribution is 1.16. The Kier molecular flexibility index (Phi) is 3.36.